The second-order valence-corrected chi connectivity index (χ2v) is 4.55. The molecule has 1 aromatic heterocycles. The first kappa shape index (κ1) is 14.5. The van der Waals surface area contributed by atoms with Crippen molar-refractivity contribution in [1.29, 1.82) is 0 Å². The van der Waals surface area contributed by atoms with Gasteiger partial charge in [-0.1, -0.05) is 0 Å². The van der Waals surface area contributed by atoms with Crippen LogP contribution in [0.15, 0.2) is 12.4 Å². The van der Waals surface area contributed by atoms with Gasteiger partial charge in [-0.15, -0.1) is 0 Å². The first-order chi connectivity index (χ1) is 9.72. The topological polar surface area (TPSA) is 73.8 Å². The van der Waals surface area contributed by atoms with E-state index in [1.165, 1.54) is 20.4 Å². The molecule has 1 amide bonds. The van der Waals surface area contributed by atoms with Gasteiger partial charge in [0, 0.05) is 13.7 Å². The van der Waals surface area contributed by atoms with E-state index in [9.17, 15) is 4.79 Å². The van der Waals surface area contributed by atoms with Crippen molar-refractivity contribution in [2.45, 2.75) is 18.9 Å². The number of rotatable bonds is 5. The predicted octanol–water partition coefficient (Wildman–Crippen LogP) is 0.501. The summed E-state index contributed by atoms with van der Waals surface area (Å²) in [7, 11) is 3.04. The summed E-state index contributed by atoms with van der Waals surface area (Å²) < 4.78 is 15.6. The van der Waals surface area contributed by atoms with Crippen LogP contribution in [0.1, 0.15) is 12.8 Å². The molecule has 1 aromatic rings. The van der Waals surface area contributed by atoms with Gasteiger partial charge in [-0.05, 0) is 12.8 Å². The molecule has 1 aliphatic heterocycles. The summed E-state index contributed by atoms with van der Waals surface area (Å²) >= 11 is 0. The minimum absolute atomic E-state index is 0.0162. The van der Waals surface area contributed by atoms with Gasteiger partial charge in [0.1, 0.15) is 12.7 Å². The van der Waals surface area contributed by atoms with Crippen LogP contribution in [0.2, 0.25) is 0 Å². The molecule has 0 saturated carbocycles. The van der Waals surface area contributed by atoms with Crippen LogP contribution in [0.4, 0.5) is 0 Å². The molecule has 0 aliphatic carbocycles. The number of methoxy groups -OCH3 is 2. The van der Waals surface area contributed by atoms with E-state index in [-0.39, 0.29) is 18.6 Å². The van der Waals surface area contributed by atoms with Crippen molar-refractivity contribution in [2.75, 3.05) is 33.9 Å². The molecule has 0 aromatic carbocycles. The van der Waals surface area contributed by atoms with Crippen molar-refractivity contribution in [2.24, 2.45) is 0 Å². The van der Waals surface area contributed by atoms with Crippen LogP contribution in [0.3, 0.4) is 0 Å². The van der Waals surface area contributed by atoms with Gasteiger partial charge in [0.25, 0.3) is 0 Å². The zero-order chi connectivity index (χ0) is 14.4. The number of hydrogen-bond donors (Lipinski definition) is 0. The van der Waals surface area contributed by atoms with Crippen LogP contribution in [-0.2, 0) is 9.53 Å². The summed E-state index contributed by atoms with van der Waals surface area (Å²) in [4.78, 5) is 21.7. The molecule has 1 atom stereocenters. The molecule has 0 spiro atoms. The quantitative estimate of drug-likeness (QED) is 0.782. The van der Waals surface area contributed by atoms with Crippen LogP contribution in [0.5, 0.6) is 11.8 Å². The summed E-state index contributed by atoms with van der Waals surface area (Å²) in [5.41, 5.74) is 0. The molecule has 2 heterocycles. The van der Waals surface area contributed by atoms with Gasteiger partial charge in [0.05, 0.1) is 26.0 Å². The van der Waals surface area contributed by atoms with E-state index in [0.29, 0.717) is 18.3 Å². The number of ether oxygens (including phenoxy) is 3. The first-order valence-electron chi connectivity index (χ1n) is 6.52. The van der Waals surface area contributed by atoms with Gasteiger partial charge < -0.3 is 19.1 Å². The van der Waals surface area contributed by atoms with Crippen LogP contribution in [0, 0.1) is 0 Å². The molecule has 0 N–H and O–H groups in total. The van der Waals surface area contributed by atoms with Gasteiger partial charge in [-0.25, -0.2) is 0 Å². The molecule has 20 heavy (non-hydrogen) atoms. The maximum absolute atomic E-state index is 11.8. The Morgan fingerprint density at radius 2 is 2.20 bits per heavy atom. The fraction of sp³-hybridized carbons (Fsp3) is 0.615. The van der Waals surface area contributed by atoms with Crippen LogP contribution in [0.25, 0.3) is 0 Å². The van der Waals surface area contributed by atoms with E-state index in [0.717, 1.165) is 19.4 Å². The summed E-state index contributed by atoms with van der Waals surface area (Å²) in [5.74, 6) is 0.804. The first-order valence-corrected chi connectivity index (χ1v) is 6.52. The molecular weight excluding hydrogens is 262 g/mol. The highest BCUT2D eigenvalue weighted by Gasteiger charge is 2.25. The molecule has 7 nitrogen and oxygen atoms in total. The third-order valence-electron chi connectivity index (χ3n) is 3.09. The lowest BCUT2D eigenvalue weighted by atomic mass is 10.1. The Balaban J connectivity index is 1.93. The highest BCUT2D eigenvalue weighted by atomic mass is 16.5. The smallest absolute Gasteiger partial charge is 0.248 e. The highest BCUT2D eigenvalue weighted by Crippen LogP contribution is 2.18. The predicted molar refractivity (Wildman–Crippen MR) is 70.7 cm³/mol. The number of carbonyl (C=O) groups excluding carboxylic acids is 1. The molecule has 0 bridgehead atoms. The Kier molecular flexibility index (Phi) is 5.11. The summed E-state index contributed by atoms with van der Waals surface area (Å²) in [6, 6.07) is 0. The number of amides is 1. The van der Waals surface area contributed by atoms with Gasteiger partial charge >= 0.3 is 0 Å². The molecule has 7 heteroatoms. The lowest BCUT2D eigenvalue weighted by Gasteiger charge is -2.32. The average molecular weight is 281 g/mol. The van der Waals surface area contributed by atoms with Crippen molar-refractivity contribution in [1.82, 2.24) is 14.9 Å². The van der Waals surface area contributed by atoms with E-state index in [1.807, 2.05) is 0 Å². The number of nitrogens with zero attached hydrogens (tertiary/aromatic N) is 3. The standard InChI is InChI=1S/C13H19N3O4/c1-18-9-13(17)16-5-3-4-10(8-16)20-12-7-14-6-11(15-12)19-2/h6-7,10H,3-5,8-9H2,1-2H3. The zero-order valence-corrected chi connectivity index (χ0v) is 11.7. The lowest BCUT2D eigenvalue weighted by Crippen LogP contribution is -2.45. The Bertz CT molecular complexity index is 455. The van der Waals surface area contributed by atoms with E-state index < -0.39 is 0 Å². The minimum atomic E-state index is -0.0778. The molecule has 1 fully saturated rings. The Morgan fingerprint density at radius 3 is 2.95 bits per heavy atom. The SMILES string of the molecule is COCC(=O)N1CCCC(Oc2cncc(OC)n2)C1. The average Bonchev–Trinajstić information content (AvgIpc) is 2.48. The summed E-state index contributed by atoms with van der Waals surface area (Å²) in [5, 5.41) is 0. The Morgan fingerprint density at radius 1 is 1.40 bits per heavy atom. The molecule has 110 valence electrons. The minimum Gasteiger partial charge on any atom is -0.480 e. The van der Waals surface area contributed by atoms with Crippen LogP contribution >= 0.6 is 0 Å². The van der Waals surface area contributed by atoms with E-state index in [2.05, 4.69) is 9.97 Å². The van der Waals surface area contributed by atoms with Gasteiger partial charge in [-0.2, -0.15) is 4.98 Å². The fourth-order valence-electron chi connectivity index (χ4n) is 2.13. The summed E-state index contributed by atoms with van der Waals surface area (Å²) in [6.07, 6.45) is 4.76. The highest BCUT2D eigenvalue weighted by molar-refractivity contribution is 5.77. The largest absolute Gasteiger partial charge is 0.480 e. The van der Waals surface area contributed by atoms with Crippen LogP contribution < -0.4 is 9.47 Å². The van der Waals surface area contributed by atoms with E-state index in [1.54, 1.807) is 11.1 Å². The second kappa shape index (κ2) is 7.04. The molecule has 1 aliphatic rings. The van der Waals surface area contributed by atoms with Crippen LogP contribution in [-0.4, -0.2) is 60.8 Å². The molecule has 0 radical (unpaired) electrons. The zero-order valence-electron chi connectivity index (χ0n) is 11.7. The van der Waals surface area contributed by atoms with Crippen molar-refractivity contribution in [3.8, 4) is 11.8 Å². The number of likely N-dealkylation sites (tertiary alicyclic amines) is 1. The van der Waals surface area contributed by atoms with E-state index in [4.69, 9.17) is 14.2 Å². The third-order valence-corrected chi connectivity index (χ3v) is 3.09. The molecule has 1 unspecified atom stereocenters. The number of aromatic nitrogens is 2. The number of carbonyl (C=O) groups is 1. The number of piperidine rings is 1. The maximum Gasteiger partial charge on any atom is 0.248 e. The third kappa shape index (κ3) is 3.80. The molecular formula is C13H19N3O4. The number of hydrogen-bond acceptors (Lipinski definition) is 6. The second-order valence-electron chi connectivity index (χ2n) is 4.55. The van der Waals surface area contributed by atoms with Crippen molar-refractivity contribution in [3.63, 3.8) is 0 Å². The van der Waals surface area contributed by atoms with Gasteiger partial charge in [0.2, 0.25) is 17.7 Å². The molecule has 2 rings (SSSR count). The normalized spacial score (nSPS) is 18.7. The summed E-state index contributed by atoms with van der Waals surface area (Å²) in [6.45, 7) is 1.39. The van der Waals surface area contributed by atoms with Crippen molar-refractivity contribution in [3.05, 3.63) is 12.4 Å². The van der Waals surface area contributed by atoms with E-state index >= 15 is 0 Å². The lowest BCUT2D eigenvalue weighted by molar-refractivity contribution is -0.137. The van der Waals surface area contributed by atoms with Crippen molar-refractivity contribution < 1.29 is 19.0 Å². The monoisotopic (exact) mass is 281 g/mol. The molecule has 1 saturated heterocycles. The Hall–Kier alpha value is -1.89. The Labute approximate surface area is 117 Å². The fourth-order valence-corrected chi connectivity index (χ4v) is 2.13. The van der Waals surface area contributed by atoms with Gasteiger partial charge in [-0.3, -0.25) is 9.78 Å². The van der Waals surface area contributed by atoms with Crippen molar-refractivity contribution >= 4 is 5.91 Å². The maximum atomic E-state index is 11.8. The van der Waals surface area contributed by atoms with Gasteiger partial charge in [0.15, 0.2) is 0 Å².